The summed E-state index contributed by atoms with van der Waals surface area (Å²) in [5.74, 6) is 0.687. The first-order valence-electron chi connectivity index (χ1n) is 3.47. The highest BCUT2D eigenvalue weighted by Crippen LogP contribution is 2.29. The summed E-state index contributed by atoms with van der Waals surface area (Å²) >= 11 is 5.28. The summed E-state index contributed by atoms with van der Waals surface area (Å²) < 4.78 is 9.89. The second kappa shape index (κ2) is 4.09. The number of halogens is 1. The van der Waals surface area contributed by atoms with Crippen molar-refractivity contribution in [3.05, 3.63) is 18.0 Å². The maximum atomic E-state index is 10.9. The average Bonchev–Trinajstić information content (AvgIpc) is 2.16. The van der Waals surface area contributed by atoms with Crippen LogP contribution in [0.3, 0.4) is 0 Å². The molecular weight excluding hydrogens is 194 g/mol. The summed E-state index contributed by atoms with van der Waals surface area (Å²) in [4.78, 5) is 14.6. The van der Waals surface area contributed by atoms with Gasteiger partial charge in [-0.15, -0.1) is 0 Å². The highest BCUT2D eigenvalue weighted by Gasteiger charge is 2.15. The quantitative estimate of drug-likeness (QED) is 0.695. The molecule has 0 atom stereocenters. The molecule has 0 fully saturated rings. The van der Waals surface area contributed by atoms with Crippen LogP contribution in [0.25, 0.3) is 0 Å². The number of aromatic nitrogens is 1. The first kappa shape index (κ1) is 9.80. The minimum atomic E-state index is -0.671. The molecule has 0 saturated heterocycles. The van der Waals surface area contributed by atoms with Gasteiger partial charge in [-0.1, -0.05) is 0 Å². The van der Waals surface area contributed by atoms with E-state index in [-0.39, 0.29) is 11.4 Å². The molecule has 0 aliphatic heterocycles. The molecule has 0 aliphatic carbocycles. The largest absolute Gasteiger partial charge is 0.493 e. The fraction of sp³-hybridized carbons (Fsp3) is 0.250. The Hall–Kier alpha value is -1.29. The van der Waals surface area contributed by atoms with Crippen molar-refractivity contribution in [3.63, 3.8) is 0 Å². The van der Waals surface area contributed by atoms with E-state index in [2.05, 4.69) is 4.98 Å². The Morgan fingerprint density at radius 2 is 2.15 bits per heavy atom. The average molecular weight is 202 g/mol. The van der Waals surface area contributed by atoms with Gasteiger partial charge in [0.1, 0.15) is 0 Å². The summed E-state index contributed by atoms with van der Waals surface area (Å²) in [5.41, 5.74) is 0.0588. The van der Waals surface area contributed by atoms with Crippen molar-refractivity contribution in [2.24, 2.45) is 0 Å². The molecule has 70 valence electrons. The van der Waals surface area contributed by atoms with E-state index in [9.17, 15) is 4.79 Å². The lowest BCUT2D eigenvalue weighted by Crippen LogP contribution is -2.01. The van der Waals surface area contributed by atoms with Crippen LogP contribution in [-0.4, -0.2) is 24.4 Å². The van der Waals surface area contributed by atoms with Crippen molar-refractivity contribution >= 4 is 16.8 Å². The zero-order valence-corrected chi connectivity index (χ0v) is 7.96. The molecule has 0 N–H and O–H groups in total. The Morgan fingerprint density at radius 1 is 1.46 bits per heavy atom. The van der Waals surface area contributed by atoms with Gasteiger partial charge in [0.2, 0.25) is 0 Å². The van der Waals surface area contributed by atoms with Gasteiger partial charge < -0.3 is 9.47 Å². The van der Waals surface area contributed by atoms with Crippen LogP contribution in [0.2, 0.25) is 0 Å². The monoisotopic (exact) mass is 201 g/mol. The highest BCUT2D eigenvalue weighted by molar-refractivity contribution is 6.67. The van der Waals surface area contributed by atoms with Crippen LogP contribution >= 0.6 is 11.6 Å². The van der Waals surface area contributed by atoms with Gasteiger partial charge in [0.05, 0.1) is 14.2 Å². The molecule has 1 rings (SSSR count). The number of carbonyl (C=O) groups excluding carboxylic acids is 1. The predicted molar refractivity (Wildman–Crippen MR) is 47.5 cm³/mol. The zero-order valence-electron chi connectivity index (χ0n) is 7.20. The Balaban J connectivity index is 3.27. The van der Waals surface area contributed by atoms with Crippen molar-refractivity contribution < 1.29 is 14.3 Å². The van der Waals surface area contributed by atoms with Gasteiger partial charge in [-0.2, -0.15) is 0 Å². The second-order valence-electron chi connectivity index (χ2n) is 2.17. The molecule has 0 unspecified atom stereocenters. The third-order valence-electron chi connectivity index (χ3n) is 1.48. The fourth-order valence-corrected chi connectivity index (χ4v) is 1.06. The molecule has 1 heterocycles. The first-order chi connectivity index (χ1) is 6.20. The summed E-state index contributed by atoms with van der Waals surface area (Å²) in [7, 11) is 2.89. The van der Waals surface area contributed by atoms with Gasteiger partial charge in [0.25, 0.3) is 5.24 Å². The zero-order chi connectivity index (χ0) is 9.84. The van der Waals surface area contributed by atoms with E-state index >= 15 is 0 Å². The fourth-order valence-electron chi connectivity index (χ4n) is 0.929. The Labute approximate surface area is 80.4 Å². The molecule has 0 amide bonds. The number of hydrogen-bond acceptors (Lipinski definition) is 4. The van der Waals surface area contributed by atoms with Crippen LogP contribution < -0.4 is 9.47 Å². The summed E-state index contributed by atoms with van der Waals surface area (Å²) in [6.07, 6.45) is 1.43. The number of hydrogen-bond donors (Lipinski definition) is 0. The highest BCUT2D eigenvalue weighted by atomic mass is 35.5. The molecule has 1 aromatic rings. The van der Waals surface area contributed by atoms with Crippen molar-refractivity contribution in [2.75, 3.05) is 14.2 Å². The first-order valence-corrected chi connectivity index (χ1v) is 3.85. The van der Waals surface area contributed by atoms with Gasteiger partial charge in [0.15, 0.2) is 17.2 Å². The second-order valence-corrected chi connectivity index (χ2v) is 2.51. The molecule has 0 aromatic carbocycles. The van der Waals surface area contributed by atoms with Crippen LogP contribution in [0.4, 0.5) is 0 Å². The maximum absolute atomic E-state index is 10.9. The van der Waals surface area contributed by atoms with E-state index in [1.807, 2.05) is 0 Å². The molecule has 5 heteroatoms. The van der Waals surface area contributed by atoms with Crippen molar-refractivity contribution in [1.82, 2.24) is 4.98 Å². The summed E-state index contributed by atoms with van der Waals surface area (Å²) in [5, 5.41) is -0.671. The minimum Gasteiger partial charge on any atom is -0.493 e. The lowest BCUT2D eigenvalue weighted by Gasteiger charge is -2.08. The standard InChI is InChI=1S/C8H8ClNO3/c1-12-5-3-4-10-6(8(9)11)7(5)13-2/h3-4H,1-2H3. The SMILES string of the molecule is COc1ccnc(C(=O)Cl)c1OC. The molecule has 4 nitrogen and oxygen atoms in total. The number of rotatable bonds is 3. The lowest BCUT2D eigenvalue weighted by molar-refractivity contribution is 0.107. The topological polar surface area (TPSA) is 48.4 Å². The van der Waals surface area contributed by atoms with E-state index in [0.29, 0.717) is 5.75 Å². The summed E-state index contributed by atoms with van der Waals surface area (Å²) in [6, 6.07) is 1.59. The van der Waals surface area contributed by atoms with E-state index < -0.39 is 5.24 Å². The molecule has 1 aromatic heterocycles. The number of carbonyl (C=O) groups is 1. The number of methoxy groups -OCH3 is 2. The van der Waals surface area contributed by atoms with Crippen LogP contribution in [0.5, 0.6) is 11.5 Å². The Kier molecular flexibility index (Phi) is 3.08. The van der Waals surface area contributed by atoms with Crippen molar-refractivity contribution in [1.29, 1.82) is 0 Å². The number of ether oxygens (including phenoxy) is 2. The molecule has 0 aliphatic rings. The smallest absolute Gasteiger partial charge is 0.274 e. The molecule has 0 saturated carbocycles. The van der Waals surface area contributed by atoms with E-state index in [1.165, 1.54) is 20.4 Å². The van der Waals surface area contributed by atoms with Gasteiger partial charge in [-0.25, -0.2) is 4.98 Å². The van der Waals surface area contributed by atoms with Crippen molar-refractivity contribution in [3.8, 4) is 11.5 Å². The minimum absolute atomic E-state index is 0.0588. The molecule has 13 heavy (non-hydrogen) atoms. The molecule has 0 bridgehead atoms. The van der Waals surface area contributed by atoms with E-state index in [4.69, 9.17) is 21.1 Å². The van der Waals surface area contributed by atoms with Crippen LogP contribution in [0, 0.1) is 0 Å². The predicted octanol–water partition coefficient (Wildman–Crippen LogP) is 1.48. The Morgan fingerprint density at radius 3 is 2.62 bits per heavy atom. The van der Waals surface area contributed by atoms with Crippen molar-refractivity contribution in [2.45, 2.75) is 0 Å². The third-order valence-corrected chi connectivity index (χ3v) is 1.66. The number of nitrogens with zero attached hydrogens (tertiary/aromatic N) is 1. The number of pyridine rings is 1. The van der Waals surface area contributed by atoms with Crippen LogP contribution in [-0.2, 0) is 0 Å². The molecule has 0 radical (unpaired) electrons. The van der Waals surface area contributed by atoms with Gasteiger partial charge in [0, 0.05) is 12.3 Å². The van der Waals surface area contributed by atoms with Gasteiger partial charge in [-0.05, 0) is 11.6 Å². The van der Waals surface area contributed by atoms with Gasteiger partial charge >= 0.3 is 0 Å². The van der Waals surface area contributed by atoms with Gasteiger partial charge in [-0.3, -0.25) is 4.79 Å². The third kappa shape index (κ3) is 1.89. The summed E-state index contributed by atoms with van der Waals surface area (Å²) in [6.45, 7) is 0. The van der Waals surface area contributed by atoms with E-state index in [1.54, 1.807) is 6.07 Å². The molecular formula is C8H8ClNO3. The lowest BCUT2D eigenvalue weighted by atomic mass is 10.3. The maximum Gasteiger partial charge on any atom is 0.274 e. The van der Waals surface area contributed by atoms with Crippen LogP contribution in [0.15, 0.2) is 12.3 Å². The normalized spacial score (nSPS) is 9.46. The Bertz CT molecular complexity index is 327. The molecule has 0 spiro atoms. The van der Waals surface area contributed by atoms with E-state index in [0.717, 1.165) is 0 Å². The van der Waals surface area contributed by atoms with Crippen LogP contribution in [0.1, 0.15) is 10.5 Å².